The lowest BCUT2D eigenvalue weighted by atomic mass is 10.2. The second-order valence-corrected chi connectivity index (χ2v) is 8.16. The number of nitrogens with zero attached hydrogens (tertiary/aromatic N) is 2. The SMILES string of the molecule is COC(=S)c1cc(-c2csc(Nc3ccc(N(C)C)cc3)n2)c(C)s1. The molecule has 1 N–H and O–H groups in total. The zero-order chi connectivity index (χ0) is 18.0. The molecular formula is C18H19N3OS3. The van der Waals surface area contributed by atoms with Crippen LogP contribution in [0, 0.1) is 6.92 Å². The largest absolute Gasteiger partial charge is 0.486 e. The average Bonchev–Trinajstić information content (AvgIpc) is 3.21. The molecule has 130 valence electrons. The summed E-state index contributed by atoms with van der Waals surface area (Å²) < 4.78 is 5.16. The first-order chi connectivity index (χ1) is 12.0. The van der Waals surface area contributed by atoms with Gasteiger partial charge in [0, 0.05) is 41.3 Å². The molecule has 0 bridgehead atoms. The standard InChI is InChI=1S/C18H19N3OS3/c1-11-14(9-16(25-11)17(23)22-4)15-10-24-18(20-15)19-12-5-7-13(8-6-12)21(2)3/h5-10H,1-4H3,(H,19,20). The monoisotopic (exact) mass is 389 g/mol. The van der Waals surface area contributed by atoms with Gasteiger partial charge in [-0.2, -0.15) is 0 Å². The summed E-state index contributed by atoms with van der Waals surface area (Å²) in [5, 5.41) is 6.81. The third-order valence-corrected chi connectivity index (χ3v) is 6.04. The molecule has 0 aliphatic heterocycles. The highest BCUT2D eigenvalue weighted by molar-refractivity contribution is 7.80. The maximum Gasteiger partial charge on any atom is 0.201 e. The number of thiocarbonyl (C=S) groups is 1. The molecule has 0 aliphatic carbocycles. The van der Waals surface area contributed by atoms with Crippen molar-refractivity contribution in [2.45, 2.75) is 6.92 Å². The van der Waals surface area contributed by atoms with Crippen molar-refractivity contribution in [2.24, 2.45) is 0 Å². The van der Waals surface area contributed by atoms with E-state index in [4.69, 9.17) is 21.9 Å². The molecule has 2 heterocycles. The number of nitrogens with one attached hydrogen (secondary N) is 1. The number of hydrogen-bond donors (Lipinski definition) is 1. The fourth-order valence-electron chi connectivity index (χ4n) is 2.36. The number of thiazole rings is 1. The van der Waals surface area contributed by atoms with Crippen LogP contribution in [-0.2, 0) is 4.74 Å². The molecule has 0 amide bonds. The number of ether oxygens (including phenoxy) is 1. The smallest absolute Gasteiger partial charge is 0.201 e. The molecule has 0 fully saturated rings. The fourth-order valence-corrected chi connectivity index (χ4v) is 4.22. The Morgan fingerprint density at radius 1 is 1.24 bits per heavy atom. The van der Waals surface area contributed by atoms with Crippen molar-refractivity contribution >= 4 is 56.4 Å². The van der Waals surface area contributed by atoms with Crippen molar-refractivity contribution in [1.29, 1.82) is 0 Å². The van der Waals surface area contributed by atoms with Crippen LogP contribution in [0.5, 0.6) is 0 Å². The number of rotatable bonds is 5. The Labute approximate surface area is 161 Å². The predicted molar refractivity (Wildman–Crippen MR) is 113 cm³/mol. The van der Waals surface area contributed by atoms with Crippen LogP contribution in [0.25, 0.3) is 11.3 Å². The maximum absolute atomic E-state index is 5.22. The first kappa shape index (κ1) is 17.8. The minimum atomic E-state index is 0.522. The highest BCUT2D eigenvalue weighted by Gasteiger charge is 2.14. The summed E-state index contributed by atoms with van der Waals surface area (Å²) in [6.45, 7) is 2.08. The number of aryl methyl sites for hydroxylation is 1. The molecule has 3 rings (SSSR count). The van der Waals surface area contributed by atoms with Gasteiger partial charge in [0.15, 0.2) is 5.13 Å². The fraction of sp³-hybridized carbons (Fsp3) is 0.222. The third-order valence-electron chi connectivity index (χ3n) is 3.72. The van der Waals surface area contributed by atoms with E-state index >= 15 is 0 Å². The predicted octanol–water partition coefficient (Wildman–Crippen LogP) is 5.31. The quantitative estimate of drug-likeness (QED) is 0.599. The lowest BCUT2D eigenvalue weighted by molar-refractivity contribution is 0.417. The molecule has 0 spiro atoms. The number of hydrogen-bond acceptors (Lipinski definition) is 7. The molecule has 0 unspecified atom stereocenters. The Balaban J connectivity index is 1.78. The van der Waals surface area contributed by atoms with E-state index < -0.39 is 0 Å². The van der Waals surface area contributed by atoms with E-state index in [0.29, 0.717) is 5.05 Å². The molecule has 3 aromatic rings. The number of anilines is 3. The van der Waals surface area contributed by atoms with E-state index in [1.54, 1.807) is 29.8 Å². The highest BCUT2D eigenvalue weighted by Crippen LogP contribution is 2.34. The van der Waals surface area contributed by atoms with Crippen LogP contribution < -0.4 is 10.2 Å². The minimum absolute atomic E-state index is 0.522. The Morgan fingerprint density at radius 2 is 1.96 bits per heavy atom. The molecular weight excluding hydrogens is 370 g/mol. The van der Waals surface area contributed by atoms with Gasteiger partial charge in [-0.3, -0.25) is 0 Å². The van der Waals surface area contributed by atoms with E-state index in [0.717, 1.165) is 27.0 Å². The van der Waals surface area contributed by atoms with Gasteiger partial charge >= 0.3 is 0 Å². The summed E-state index contributed by atoms with van der Waals surface area (Å²) in [7, 11) is 5.66. The lowest BCUT2D eigenvalue weighted by Crippen LogP contribution is -2.08. The molecule has 0 saturated carbocycles. The summed E-state index contributed by atoms with van der Waals surface area (Å²) in [5.41, 5.74) is 4.25. The summed E-state index contributed by atoms with van der Waals surface area (Å²) >= 11 is 8.44. The normalized spacial score (nSPS) is 10.6. The number of thiophene rings is 1. The molecule has 0 atom stereocenters. The summed E-state index contributed by atoms with van der Waals surface area (Å²) in [4.78, 5) is 8.93. The number of aromatic nitrogens is 1. The van der Waals surface area contributed by atoms with E-state index in [9.17, 15) is 0 Å². The number of methoxy groups -OCH3 is 1. The van der Waals surface area contributed by atoms with Gasteiger partial charge in [-0.25, -0.2) is 4.98 Å². The Morgan fingerprint density at radius 3 is 2.60 bits per heavy atom. The second kappa shape index (κ2) is 7.51. The van der Waals surface area contributed by atoms with Gasteiger partial charge in [-0.1, -0.05) is 0 Å². The zero-order valence-electron chi connectivity index (χ0n) is 14.5. The topological polar surface area (TPSA) is 37.4 Å². The van der Waals surface area contributed by atoms with Gasteiger partial charge < -0.3 is 15.0 Å². The molecule has 1 aromatic carbocycles. The summed E-state index contributed by atoms with van der Waals surface area (Å²) in [5.74, 6) is 0. The molecule has 0 radical (unpaired) electrons. The van der Waals surface area contributed by atoms with Crippen LogP contribution in [0.2, 0.25) is 0 Å². The van der Waals surface area contributed by atoms with Crippen LogP contribution in [-0.4, -0.2) is 31.2 Å². The van der Waals surface area contributed by atoms with E-state index in [1.807, 2.05) is 14.1 Å². The van der Waals surface area contributed by atoms with Gasteiger partial charge in [-0.15, -0.1) is 22.7 Å². The lowest BCUT2D eigenvalue weighted by Gasteiger charge is -2.12. The van der Waals surface area contributed by atoms with Gasteiger partial charge in [0.25, 0.3) is 0 Å². The average molecular weight is 390 g/mol. The molecule has 0 aliphatic rings. The molecule has 0 saturated heterocycles. The van der Waals surface area contributed by atoms with Crippen LogP contribution in [0.15, 0.2) is 35.7 Å². The summed E-state index contributed by atoms with van der Waals surface area (Å²) in [6.07, 6.45) is 0. The van der Waals surface area contributed by atoms with Crippen molar-refractivity contribution < 1.29 is 4.74 Å². The van der Waals surface area contributed by atoms with E-state index in [2.05, 4.69) is 52.9 Å². The Bertz CT molecular complexity index is 881. The molecule has 25 heavy (non-hydrogen) atoms. The summed E-state index contributed by atoms with van der Waals surface area (Å²) in [6, 6.07) is 10.3. The Kier molecular flexibility index (Phi) is 5.36. The van der Waals surface area contributed by atoms with Crippen LogP contribution in [0.3, 0.4) is 0 Å². The van der Waals surface area contributed by atoms with Gasteiger partial charge in [0.05, 0.1) is 17.7 Å². The molecule has 2 aromatic heterocycles. The second-order valence-electron chi connectivity index (χ2n) is 5.68. The Hall–Kier alpha value is -1.96. The maximum atomic E-state index is 5.22. The van der Waals surface area contributed by atoms with Crippen molar-refractivity contribution in [2.75, 3.05) is 31.4 Å². The molecule has 7 heteroatoms. The van der Waals surface area contributed by atoms with E-state index in [1.165, 1.54) is 10.6 Å². The van der Waals surface area contributed by atoms with Crippen LogP contribution in [0.1, 0.15) is 9.75 Å². The van der Waals surface area contributed by atoms with Crippen LogP contribution >= 0.6 is 34.9 Å². The molecule has 4 nitrogen and oxygen atoms in total. The van der Waals surface area contributed by atoms with Gasteiger partial charge in [-0.05, 0) is 49.5 Å². The number of benzene rings is 1. The van der Waals surface area contributed by atoms with Crippen molar-refractivity contribution in [3.05, 3.63) is 45.5 Å². The van der Waals surface area contributed by atoms with Gasteiger partial charge in [0.2, 0.25) is 5.05 Å². The van der Waals surface area contributed by atoms with E-state index in [-0.39, 0.29) is 0 Å². The highest BCUT2D eigenvalue weighted by atomic mass is 32.1. The first-order valence-electron chi connectivity index (χ1n) is 7.67. The van der Waals surface area contributed by atoms with Gasteiger partial charge in [0.1, 0.15) is 0 Å². The minimum Gasteiger partial charge on any atom is -0.486 e. The van der Waals surface area contributed by atoms with Crippen LogP contribution in [0.4, 0.5) is 16.5 Å². The first-order valence-corrected chi connectivity index (χ1v) is 9.77. The third kappa shape index (κ3) is 4.00. The van der Waals surface area contributed by atoms with Crippen molar-refractivity contribution in [3.8, 4) is 11.3 Å². The van der Waals surface area contributed by atoms with Crippen molar-refractivity contribution in [1.82, 2.24) is 4.98 Å². The zero-order valence-corrected chi connectivity index (χ0v) is 16.9. The van der Waals surface area contributed by atoms with Crippen molar-refractivity contribution in [3.63, 3.8) is 0 Å².